The fraction of sp³-hybridized carbons (Fsp3) is 0.167. The number of aromatic carboxylic acids is 1. The number of fused-ring (bicyclic) bond motifs is 2. The lowest BCUT2D eigenvalue weighted by molar-refractivity contribution is 0.0687. The van der Waals surface area contributed by atoms with E-state index in [1.54, 1.807) is 6.07 Å². The molecule has 1 aromatic carbocycles. The molecule has 0 radical (unpaired) electrons. The van der Waals surface area contributed by atoms with Crippen molar-refractivity contribution in [2.24, 2.45) is 0 Å². The van der Waals surface area contributed by atoms with Gasteiger partial charge in [0.25, 0.3) is 5.91 Å². The van der Waals surface area contributed by atoms with Crippen molar-refractivity contribution in [2.75, 3.05) is 0 Å². The Balaban J connectivity index is 1.63. The van der Waals surface area contributed by atoms with E-state index >= 15 is 0 Å². The third-order valence-electron chi connectivity index (χ3n) is 4.47. The molecule has 128 valence electrons. The SMILES string of the molecule is N#Cc1ccc2c(c1)CC[C@@H]2NC(=O)c1cc(C(=O)O)n2nccc2n1. The van der Waals surface area contributed by atoms with E-state index in [-0.39, 0.29) is 17.4 Å². The highest BCUT2D eigenvalue weighted by Gasteiger charge is 2.26. The average Bonchev–Trinajstić information content (AvgIpc) is 3.27. The summed E-state index contributed by atoms with van der Waals surface area (Å²) in [6.45, 7) is 0. The molecular weight excluding hydrogens is 334 g/mol. The van der Waals surface area contributed by atoms with Crippen LogP contribution in [0.15, 0.2) is 36.5 Å². The third kappa shape index (κ3) is 2.56. The van der Waals surface area contributed by atoms with Crippen LogP contribution in [0.25, 0.3) is 5.65 Å². The number of aromatic nitrogens is 3. The number of carbonyl (C=O) groups excluding carboxylic acids is 1. The number of benzene rings is 1. The number of hydrogen-bond acceptors (Lipinski definition) is 5. The first-order chi connectivity index (χ1) is 12.6. The predicted octanol–water partition coefficient (Wildman–Crippen LogP) is 1.72. The molecule has 0 saturated heterocycles. The van der Waals surface area contributed by atoms with Crippen molar-refractivity contribution in [3.05, 3.63) is 64.6 Å². The number of nitriles is 1. The molecule has 1 aliphatic carbocycles. The van der Waals surface area contributed by atoms with Crippen molar-refractivity contribution < 1.29 is 14.7 Å². The first kappa shape index (κ1) is 15.8. The van der Waals surface area contributed by atoms with E-state index in [0.717, 1.165) is 24.0 Å². The quantitative estimate of drug-likeness (QED) is 0.744. The lowest BCUT2D eigenvalue weighted by Crippen LogP contribution is -2.28. The number of rotatable bonds is 3. The van der Waals surface area contributed by atoms with Gasteiger partial charge in [-0.05, 0) is 36.1 Å². The summed E-state index contributed by atoms with van der Waals surface area (Å²) < 4.78 is 1.17. The summed E-state index contributed by atoms with van der Waals surface area (Å²) in [5.41, 5.74) is 2.80. The lowest BCUT2D eigenvalue weighted by Gasteiger charge is -2.14. The van der Waals surface area contributed by atoms with Crippen LogP contribution >= 0.6 is 0 Å². The molecule has 1 atom stereocenters. The second kappa shape index (κ2) is 5.97. The van der Waals surface area contributed by atoms with Gasteiger partial charge in [-0.2, -0.15) is 10.4 Å². The van der Waals surface area contributed by atoms with Crippen molar-refractivity contribution in [1.82, 2.24) is 19.9 Å². The Kier molecular flexibility index (Phi) is 3.62. The van der Waals surface area contributed by atoms with Gasteiger partial charge in [0.2, 0.25) is 0 Å². The van der Waals surface area contributed by atoms with Crippen molar-refractivity contribution >= 4 is 17.5 Å². The minimum absolute atomic E-state index is 0.0255. The van der Waals surface area contributed by atoms with Crippen LogP contribution in [-0.4, -0.2) is 31.6 Å². The van der Waals surface area contributed by atoms with Gasteiger partial charge < -0.3 is 10.4 Å². The first-order valence-electron chi connectivity index (χ1n) is 7.98. The molecular formula is C18H13N5O3. The second-order valence-corrected chi connectivity index (χ2v) is 6.02. The van der Waals surface area contributed by atoms with Gasteiger partial charge in [0, 0.05) is 12.1 Å². The third-order valence-corrected chi connectivity index (χ3v) is 4.47. The zero-order chi connectivity index (χ0) is 18.3. The van der Waals surface area contributed by atoms with Crippen LogP contribution in [-0.2, 0) is 6.42 Å². The average molecular weight is 347 g/mol. The zero-order valence-electron chi connectivity index (χ0n) is 13.5. The molecule has 0 fully saturated rings. The van der Waals surface area contributed by atoms with E-state index in [1.165, 1.54) is 22.8 Å². The fourth-order valence-corrected chi connectivity index (χ4v) is 3.25. The molecule has 2 heterocycles. The summed E-state index contributed by atoms with van der Waals surface area (Å²) in [6.07, 6.45) is 2.92. The largest absolute Gasteiger partial charge is 0.477 e. The number of aryl methyl sites for hydroxylation is 1. The minimum Gasteiger partial charge on any atom is -0.477 e. The zero-order valence-corrected chi connectivity index (χ0v) is 13.5. The van der Waals surface area contributed by atoms with Crippen molar-refractivity contribution in [1.29, 1.82) is 5.26 Å². The van der Waals surface area contributed by atoms with Crippen LogP contribution in [0.5, 0.6) is 0 Å². The molecule has 0 aliphatic heterocycles. The molecule has 2 aromatic heterocycles. The summed E-state index contributed by atoms with van der Waals surface area (Å²) in [4.78, 5) is 28.2. The van der Waals surface area contributed by atoms with Crippen LogP contribution in [0.2, 0.25) is 0 Å². The number of amides is 1. The maximum absolute atomic E-state index is 12.6. The highest BCUT2D eigenvalue weighted by Crippen LogP contribution is 2.31. The van der Waals surface area contributed by atoms with Gasteiger partial charge in [0.1, 0.15) is 5.69 Å². The summed E-state index contributed by atoms with van der Waals surface area (Å²) in [7, 11) is 0. The standard InChI is InChI=1S/C18H13N5O3/c19-9-10-1-3-12-11(7-10)2-4-13(12)22-17(24)14-8-15(18(25)26)23-16(21-14)5-6-20-23/h1,3,5-8,13H,2,4H2,(H,22,24)(H,25,26)/t13-/m0/s1. The molecule has 0 spiro atoms. The van der Waals surface area contributed by atoms with E-state index in [0.29, 0.717) is 11.2 Å². The molecule has 4 rings (SSSR count). The molecule has 3 aromatic rings. The number of hydrogen-bond donors (Lipinski definition) is 2. The number of carboxylic acid groups (broad SMARTS) is 1. The van der Waals surface area contributed by atoms with E-state index in [2.05, 4.69) is 21.5 Å². The van der Waals surface area contributed by atoms with Crippen LogP contribution in [0.1, 0.15) is 50.1 Å². The number of carbonyl (C=O) groups is 2. The van der Waals surface area contributed by atoms with E-state index in [4.69, 9.17) is 5.26 Å². The molecule has 0 bridgehead atoms. The van der Waals surface area contributed by atoms with Gasteiger partial charge in [-0.15, -0.1) is 0 Å². The van der Waals surface area contributed by atoms with Crippen LogP contribution in [0.3, 0.4) is 0 Å². The van der Waals surface area contributed by atoms with Gasteiger partial charge in [-0.1, -0.05) is 6.07 Å². The Bertz CT molecular complexity index is 1100. The highest BCUT2D eigenvalue weighted by atomic mass is 16.4. The minimum atomic E-state index is -1.19. The van der Waals surface area contributed by atoms with Crippen molar-refractivity contribution in [3.8, 4) is 6.07 Å². The summed E-state index contributed by atoms with van der Waals surface area (Å²) >= 11 is 0. The normalized spacial score (nSPS) is 15.4. The molecule has 1 aliphatic rings. The molecule has 1 amide bonds. The Morgan fingerprint density at radius 1 is 1.31 bits per heavy atom. The smallest absolute Gasteiger partial charge is 0.354 e. The number of carboxylic acids is 1. The van der Waals surface area contributed by atoms with Gasteiger partial charge in [0.05, 0.1) is 23.9 Å². The summed E-state index contributed by atoms with van der Waals surface area (Å²) in [5, 5.41) is 25.1. The van der Waals surface area contributed by atoms with Gasteiger partial charge >= 0.3 is 5.97 Å². The van der Waals surface area contributed by atoms with Gasteiger partial charge in [-0.25, -0.2) is 14.3 Å². The monoisotopic (exact) mass is 347 g/mol. The van der Waals surface area contributed by atoms with Gasteiger partial charge in [0.15, 0.2) is 11.3 Å². The molecule has 26 heavy (non-hydrogen) atoms. The van der Waals surface area contributed by atoms with E-state index in [9.17, 15) is 14.7 Å². The highest BCUT2D eigenvalue weighted by molar-refractivity contribution is 5.96. The Morgan fingerprint density at radius 3 is 2.92 bits per heavy atom. The maximum Gasteiger partial charge on any atom is 0.354 e. The van der Waals surface area contributed by atoms with E-state index in [1.807, 2.05) is 12.1 Å². The number of nitrogens with one attached hydrogen (secondary N) is 1. The van der Waals surface area contributed by atoms with Crippen LogP contribution in [0, 0.1) is 11.3 Å². The lowest BCUT2D eigenvalue weighted by atomic mass is 10.1. The van der Waals surface area contributed by atoms with Crippen molar-refractivity contribution in [2.45, 2.75) is 18.9 Å². The number of nitrogens with zero attached hydrogens (tertiary/aromatic N) is 4. The summed E-state index contributed by atoms with van der Waals surface area (Å²) in [6, 6.07) is 10.1. The molecule has 2 N–H and O–H groups in total. The predicted molar refractivity (Wildman–Crippen MR) is 89.6 cm³/mol. The fourth-order valence-electron chi connectivity index (χ4n) is 3.25. The Hall–Kier alpha value is -3.73. The van der Waals surface area contributed by atoms with Crippen molar-refractivity contribution in [3.63, 3.8) is 0 Å². The molecule has 0 saturated carbocycles. The molecule has 8 heteroatoms. The first-order valence-corrected chi connectivity index (χ1v) is 7.98. The van der Waals surface area contributed by atoms with E-state index < -0.39 is 11.9 Å². The second-order valence-electron chi connectivity index (χ2n) is 6.02. The van der Waals surface area contributed by atoms with Crippen LogP contribution < -0.4 is 5.32 Å². The van der Waals surface area contributed by atoms with Crippen LogP contribution in [0.4, 0.5) is 0 Å². The maximum atomic E-state index is 12.6. The Morgan fingerprint density at radius 2 is 2.15 bits per heavy atom. The Labute approximate surface area is 147 Å². The van der Waals surface area contributed by atoms with Gasteiger partial charge in [-0.3, -0.25) is 4.79 Å². The molecule has 8 nitrogen and oxygen atoms in total. The summed E-state index contributed by atoms with van der Waals surface area (Å²) in [5.74, 6) is -1.64. The topological polar surface area (TPSA) is 120 Å². The molecule has 0 unspecified atom stereocenters.